The molecular formula is C16H19N3O3S. The van der Waals surface area contributed by atoms with Crippen LogP contribution < -0.4 is 5.32 Å². The third-order valence-electron chi connectivity index (χ3n) is 4.30. The van der Waals surface area contributed by atoms with Crippen LogP contribution in [-0.4, -0.2) is 32.8 Å². The summed E-state index contributed by atoms with van der Waals surface area (Å²) in [5, 5.41) is 18.4. The lowest BCUT2D eigenvalue weighted by Gasteiger charge is -2.26. The van der Waals surface area contributed by atoms with Crippen LogP contribution in [0.15, 0.2) is 23.6 Å². The van der Waals surface area contributed by atoms with Crippen molar-refractivity contribution >= 4 is 23.2 Å². The summed E-state index contributed by atoms with van der Waals surface area (Å²) in [6, 6.07) is 5.76. The van der Waals surface area contributed by atoms with Gasteiger partial charge in [0.25, 0.3) is 5.91 Å². The van der Waals surface area contributed by atoms with Crippen LogP contribution in [-0.2, 0) is 11.8 Å². The Morgan fingerprint density at radius 3 is 2.70 bits per heavy atom. The van der Waals surface area contributed by atoms with Crippen molar-refractivity contribution in [3.05, 3.63) is 29.3 Å². The average molecular weight is 333 g/mol. The first-order chi connectivity index (χ1) is 11.0. The first-order valence-corrected chi connectivity index (χ1v) is 8.54. The monoisotopic (exact) mass is 333 g/mol. The summed E-state index contributed by atoms with van der Waals surface area (Å²) in [4.78, 5) is 24.4. The molecule has 0 radical (unpaired) electrons. The molecule has 1 aliphatic carbocycles. The van der Waals surface area contributed by atoms with E-state index in [1.165, 1.54) is 0 Å². The van der Waals surface area contributed by atoms with Crippen molar-refractivity contribution in [2.75, 3.05) is 0 Å². The summed E-state index contributed by atoms with van der Waals surface area (Å²) in [6.07, 6.45) is 2.65. The first-order valence-electron chi connectivity index (χ1n) is 7.66. The van der Waals surface area contributed by atoms with Crippen LogP contribution in [0.4, 0.5) is 0 Å². The van der Waals surface area contributed by atoms with E-state index in [1.54, 1.807) is 29.1 Å². The molecular weight excluding hydrogens is 314 g/mol. The lowest BCUT2D eigenvalue weighted by Crippen LogP contribution is -2.39. The molecule has 1 aliphatic rings. The number of carboxylic acids is 1. The number of carbonyl (C=O) groups excluding carboxylic acids is 1. The number of carboxylic acid groups (broad SMARTS) is 1. The van der Waals surface area contributed by atoms with E-state index in [0.717, 1.165) is 10.6 Å². The molecule has 0 saturated heterocycles. The van der Waals surface area contributed by atoms with Gasteiger partial charge in [-0.25, -0.2) is 0 Å². The summed E-state index contributed by atoms with van der Waals surface area (Å²) in [5.41, 5.74) is 1.32. The van der Waals surface area contributed by atoms with Gasteiger partial charge >= 0.3 is 5.97 Å². The van der Waals surface area contributed by atoms with Crippen molar-refractivity contribution in [3.63, 3.8) is 0 Å². The lowest BCUT2D eigenvalue weighted by atomic mass is 9.86. The third-order valence-corrected chi connectivity index (χ3v) is 5.19. The van der Waals surface area contributed by atoms with Gasteiger partial charge in [-0.3, -0.25) is 14.3 Å². The topological polar surface area (TPSA) is 84.2 Å². The maximum absolute atomic E-state index is 12.4. The van der Waals surface area contributed by atoms with Gasteiger partial charge in [-0.15, -0.1) is 11.3 Å². The van der Waals surface area contributed by atoms with E-state index in [-0.39, 0.29) is 17.9 Å². The van der Waals surface area contributed by atoms with E-state index in [4.69, 9.17) is 5.11 Å². The second kappa shape index (κ2) is 6.54. The number of aliphatic carboxylic acids is 1. The number of aryl methyl sites for hydroxylation is 1. The molecule has 1 fully saturated rings. The highest BCUT2D eigenvalue weighted by Gasteiger charge is 2.27. The Labute approximate surface area is 138 Å². The Balaban J connectivity index is 1.64. The fourth-order valence-electron chi connectivity index (χ4n) is 2.97. The third kappa shape index (κ3) is 3.44. The lowest BCUT2D eigenvalue weighted by molar-refractivity contribution is -0.142. The summed E-state index contributed by atoms with van der Waals surface area (Å²) < 4.78 is 1.59. The second-order valence-corrected chi connectivity index (χ2v) is 6.82. The van der Waals surface area contributed by atoms with Crippen LogP contribution in [0.25, 0.3) is 10.6 Å². The van der Waals surface area contributed by atoms with E-state index in [9.17, 15) is 9.59 Å². The summed E-state index contributed by atoms with van der Waals surface area (Å²) >= 11 is 1.59. The fourth-order valence-corrected chi connectivity index (χ4v) is 3.65. The van der Waals surface area contributed by atoms with E-state index in [1.807, 2.05) is 17.5 Å². The minimum atomic E-state index is -0.734. The molecule has 0 aromatic carbocycles. The largest absolute Gasteiger partial charge is 0.481 e. The Hall–Kier alpha value is -2.15. The van der Waals surface area contributed by atoms with Crippen LogP contribution in [0.2, 0.25) is 0 Å². The quantitative estimate of drug-likeness (QED) is 0.900. The van der Waals surface area contributed by atoms with Crippen molar-refractivity contribution in [1.29, 1.82) is 0 Å². The maximum atomic E-state index is 12.4. The van der Waals surface area contributed by atoms with Crippen LogP contribution in [0.1, 0.15) is 36.2 Å². The smallest absolute Gasteiger partial charge is 0.306 e. The Bertz CT molecular complexity index is 700. The van der Waals surface area contributed by atoms with Gasteiger partial charge in [0.2, 0.25) is 0 Å². The number of carbonyl (C=O) groups is 2. The minimum Gasteiger partial charge on any atom is -0.481 e. The van der Waals surface area contributed by atoms with Gasteiger partial charge in [0, 0.05) is 13.1 Å². The number of amides is 1. The van der Waals surface area contributed by atoms with Gasteiger partial charge in [0.1, 0.15) is 11.4 Å². The normalized spacial score (nSPS) is 21.1. The number of thiophene rings is 1. The molecule has 2 N–H and O–H groups in total. The molecule has 3 rings (SSSR count). The predicted octanol–water partition coefficient (Wildman–Crippen LogP) is 2.52. The SMILES string of the molecule is Cn1nc(-c2cccs2)cc1C(=O)NC1CCC(C(=O)O)CC1. The zero-order valence-electron chi connectivity index (χ0n) is 12.9. The van der Waals surface area contributed by atoms with E-state index >= 15 is 0 Å². The number of hydrogen-bond donors (Lipinski definition) is 2. The van der Waals surface area contributed by atoms with Gasteiger partial charge in [0.05, 0.1) is 10.8 Å². The summed E-state index contributed by atoms with van der Waals surface area (Å²) in [6.45, 7) is 0. The van der Waals surface area contributed by atoms with E-state index in [2.05, 4.69) is 10.4 Å². The fraction of sp³-hybridized carbons (Fsp3) is 0.438. The summed E-state index contributed by atoms with van der Waals surface area (Å²) in [5.74, 6) is -1.16. The molecule has 0 atom stereocenters. The highest BCUT2D eigenvalue weighted by molar-refractivity contribution is 7.13. The molecule has 122 valence electrons. The Morgan fingerprint density at radius 1 is 1.35 bits per heavy atom. The molecule has 2 aromatic heterocycles. The molecule has 2 aromatic rings. The molecule has 1 saturated carbocycles. The van der Waals surface area contributed by atoms with Crippen LogP contribution in [0, 0.1) is 5.92 Å². The number of nitrogens with zero attached hydrogens (tertiary/aromatic N) is 2. The van der Waals surface area contributed by atoms with Crippen LogP contribution in [0.5, 0.6) is 0 Å². The maximum Gasteiger partial charge on any atom is 0.306 e. The number of nitrogens with one attached hydrogen (secondary N) is 1. The standard InChI is InChI=1S/C16H19N3O3S/c1-19-13(9-12(18-19)14-3-2-8-23-14)15(20)17-11-6-4-10(5-7-11)16(21)22/h2-3,8-11H,4-7H2,1H3,(H,17,20)(H,21,22). The highest BCUT2D eigenvalue weighted by Crippen LogP contribution is 2.26. The number of rotatable bonds is 4. The molecule has 0 bridgehead atoms. The summed E-state index contributed by atoms with van der Waals surface area (Å²) in [7, 11) is 1.76. The zero-order valence-corrected chi connectivity index (χ0v) is 13.7. The molecule has 7 heteroatoms. The number of aromatic nitrogens is 2. The van der Waals surface area contributed by atoms with Crippen molar-refractivity contribution in [2.24, 2.45) is 13.0 Å². The Morgan fingerprint density at radius 2 is 2.09 bits per heavy atom. The second-order valence-electron chi connectivity index (χ2n) is 5.88. The first kappa shape index (κ1) is 15.7. The van der Waals surface area contributed by atoms with Gasteiger partial charge in [-0.05, 0) is 43.2 Å². The van der Waals surface area contributed by atoms with Crippen molar-refractivity contribution in [1.82, 2.24) is 15.1 Å². The van der Waals surface area contributed by atoms with E-state index in [0.29, 0.717) is 31.4 Å². The van der Waals surface area contributed by atoms with Crippen molar-refractivity contribution in [3.8, 4) is 10.6 Å². The number of hydrogen-bond acceptors (Lipinski definition) is 4. The van der Waals surface area contributed by atoms with Gasteiger partial charge in [-0.1, -0.05) is 6.07 Å². The van der Waals surface area contributed by atoms with Crippen molar-refractivity contribution in [2.45, 2.75) is 31.7 Å². The van der Waals surface area contributed by atoms with E-state index < -0.39 is 5.97 Å². The predicted molar refractivity (Wildman–Crippen MR) is 87.4 cm³/mol. The molecule has 0 spiro atoms. The van der Waals surface area contributed by atoms with Crippen LogP contribution in [0.3, 0.4) is 0 Å². The van der Waals surface area contributed by atoms with Crippen LogP contribution >= 0.6 is 11.3 Å². The molecule has 1 amide bonds. The molecule has 6 nitrogen and oxygen atoms in total. The Kier molecular flexibility index (Phi) is 4.47. The van der Waals surface area contributed by atoms with Gasteiger partial charge in [-0.2, -0.15) is 5.10 Å². The molecule has 0 aliphatic heterocycles. The highest BCUT2D eigenvalue weighted by atomic mass is 32.1. The van der Waals surface area contributed by atoms with Gasteiger partial charge in [0.15, 0.2) is 0 Å². The zero-order chi connectivity index (χ0) is 16.4. The van der Waals surface area contributed by atoms with Gasteiger partial charge < -0.3 is 10.4 Å². The molecule has 23 heavy (non-hydrogen) atoms. The average Bonchev–Trinajstić information content (AvgIpc) is 3.16. The minimum absolute atomic E-state index is 0.0400. The molecule has 0 unspecified atom stereocenters. The van der Waals surface area contributed by atoms with Crippen molar-refractivity contribution < 1.29 is 14.7 Å². The molecule has 2 heterocycles.